The summed E-state index contributed by atoms with van der Waals surface area (Å²) in [6.07, 6.45) is -4.95. The molecule has 0 unspecified atom stereocenters. The molecule has 0 aliphatic rings. The van der Waals surface area contributed by atoms with Gasteiger partial charge >= 0.3 is 12.1 Å². The van der Waals surface area contributed by atoms with Gasteiger partial charge in [-0.2, -0.15) is 13.2 Å². The maximum Gasteiger partial charge on any atom is 0.471 e. The van der Waals surface area contributed by atoms with E-state index in [0.717, 1.165) is 3.57 Å². The molecule has 0 heterocycles. The number of carbonyl (C=O) groups is 2. The van der Waals surface area contributed by atoms with Crippen molar-refractivity contribution < 1.29 is 22.8 Å². The van der Waals surface area contributed by atoms with Gasteiger partial charge in [-0.3, -0.25) is 9.59 Å². The lowest BCUT2D eigenvalue weighted by atomic mass is 10.1. The Morgan fingerprint density at radius 3 is 2.29 bits per heavy atom. The molecule has 4 nitrogen and oxygen atoms in total. The van der Waals surface area contributed by atoms with E-state index in [1.807, 2.05) is 22.6 Å². The van der Waals surface area contributed by atoms with Crippen molar-refractivity contribution in [3.05, 3.63) is 63.2 Å². The summed E-state index contributed by atoms with van der Waals surface area (Å²) in [5, 5.41) is 4.44. The first-order chi connectivity index (χ1) is 11.3. The van der Waals surface area contributed by atoms with E-state index in [1.54, 1.807) is 47.8 Å². The minimum Gasteiger partial charge on any atom is -0.344 e. The van der Waals surface area contributed by atoms with E-state index >= 15 is 0 Å². The van der Waals surface area contributed by atoms with Crippen LogP contribution in [0, 0.1) is 3.57 Å². The van der Waals surface area contributed by atoms with E-state index in [2.05, 4.69) is 5.32 Å². The second kappa shape index (κ2) is 7.65. The summed E-state index contributed by atoms with van der Waals surface area (Å²) in [4.78, 5) is 23.2. The molecule has 2 N–H and O–H groups in total. The van der Waals surface area contributed by atoms with Crippen molar-refractivity contribution in [3.8, 4) is 0 Å². The third kappa shape index (κ3) is 4.70. The van der Waals surface area contributed by atoms with Crippen molar-refractivity contribution in [1.82, 2.24) is 5.32 Å². The molecule has 24 heavy (non-hydrogen) atoms. The largest absolute Gasteiger partial charge is 0.471 e. The molecule has 0 bridgehead atoms. The Morgan fingerprint density at radius 2 is 1.62 bits per heavy atom. The highest BCUT2D eigenvalue weighted by Gasteiger charge is 2.38. The summed E-state index contributed by atoms with van der Waals surface area (Å²) in [7, 11) is 0. The summed E-state index contributed by atoms with van der Waals surface area (Å²) in [5.74, 6) is -2.41. The van der Waals surface area contributed by atoms with Gasteiger partial charge in [0, 0.05) is 15.8 Å². The van der Waals surface area contributed by atoms with Crippen LogP contribution in [0.5, 0.6) is 0 Å². The molecule has 0 saturated heterocycles. The van der Waals surface area contributed by atoms with Crippen molar-refractivity contribution in [1.29, 1.82) is 0 Å². The molecule has 8 heteroatoms. The lowest BCUT2D eigenvalue weighted by Gasteiger charge is -2.13. The average Bonchev–Trinajstić information content (AvgIpc) is 2.53. The van der Waals surface area contributed by atoms with Crippen LogP contribution in [0.2, 0.25) is 0 Å². The smallest absolute Gasteiger partial charge is 0.344 e. The first-order valence-electron chi connectivity index (χ1n) is 6.78. The van der Waals surface area contributed by atoms with Gasteiger partial charge in [-0.25, -0.2) is 0 Å². The number of carbonyl (C=O) groups excluding carboxylic acids is 2. The summed E-state index contributed by atoms with van der Waals surface area (Å²) >= 11 is 2.02. The predicted octanol–water partition coefficient (Wildman–Crippen LogP) is 3.72. The Labute approximate surface area is 149 Å². The summed E-state index contributed by atoms with van der Waals surface area (Å²) in [5.41, 5.74) is 1.16. The van der Waals surface area contributed by atoms with Gasteiger partial charge in [-0.15, -0.1) is 0 Å². The third-order valence-electron chi connectivity index (χ3n) is 3.08. The quantitative estimate of drug-likeness (QED) is 0.701. The molecule has 0 saturated carbocycles. The minimum absolute atomic E-state index is 0.338. The maximum absolute atomic E-state index is 12.3. The summed E-state index contributed by atoms with van der Waals surface area (Å²) in [6, 6.07) is 13.3. The van der Waals surface area contributed by atoms with Crippen LogP contribution in [0.3, 0.4) is 0 Å². The van der Waals surface area contributed by atoms with Gasteiger partial charge in [0.05, 0.1) is 5.56 Å². The zero-order valence-electron chi connectivity index (χ0n) is 12.2. The van der Waals surface area contributed by atoms with Crippen LogP contribution in [0.25, 0.3) is 0 Å². The highest BCUT2D eigenvalue weighted by atomic mass is 127. The topological polar surface area (TPSA) is 58.2 Å². The zero-order chi connectivity index (χ0) is 17.7. The molecule has 2 aromatic carbocycles. The number of alkyl halides is 3. The van der Waals surface area contributed by atoms with E-state index < -0.39 is 12.1 Å². The van der Waals surface area contributed by atoms with Gasteiger partial charge in [-0.1, -0.05) is 30.3 Å². The molecule has 0 aliphatic carbocycles. The van der Waals surface area contributed by atoms with Gasteiger partial charge in [0.15, 0.2) is 0 Å². The number of anilines is 1. The number of hydrogen-bond donors (Lipinski definition) is 2. The van der Waals surface area contributed by atoms with Gasteiger partial charge in [0.1, 0.15) is 0 Å². The number of halogens is 4. The Hall–Kier alpha value is -2.10. The molecule has 0 atom stereocenters. The number of amides is 2. The van der Waals surface area contributed by atoms with Crippen LogP contribution < -0.4 is 10.6 Å². The number of rotatable bonds is 4. The Balaban J connectivity index is 2.13. The van der Waals surface area contributed by atoms with Crippen LogP contribution >= 0.6 is 22.6 Å². The van der Waals surface area contributed by atoms with E-state index in [-0.39, 0.29) is 12.5 Å². The van der Waals surface area contributed by atoms with Crippen LogP contribution in [-0.4, -0.2) is 18.0 Å². The first-order valence-corrected chi connectivity index (χ1v) is 7.85. The fraction of sp³-hybridized carbons (Fsp3) is 0.125. The predicted molar refractivity (Wildman–Crippen MR) is 91.5 cm³/mol. The number of nitrogens with one attached hydrogen (secondary N) is 2. The molecule has 0 aromatic heterocycles. The Kier molecular flexibility index (Phi) is 5.81. The van der Waals surface area contributed by atoms with E-state index in [9.17, 15) is 22.8 Å². The molecule has 0 radical (unpaired) electrons. The SMILES string of the molecule is O=C(Nc1ccccc1CNC(=O)C(F)(F)F)c1ccccc1I. The van der Waals surface area contributed by atoms with Crippen LogP contribution in [0.4, 0.5) is 18.9 Å². The fourth-order valence-electron chi connectivity index (χ4n) is 1.91. The molecule has 0 fully saturated rings. The second-order valence-corrected chi connectivity index (χ2v) is 5.93. The second-order valence-electron chi connectivity index (χ2n) is 4.77. The number of para-hydroxylation sites is 1. The van der Waals surface area contributed by atoms with Gasteiger partial charge < -0.3 is 10.6 Å². The molecule has 0 spiro atoms. The van der Waals surface area contributed by atoms with E-state index in [4.69, 9.17) is 0 Å². The van der Waals surface area contributed by atoms with Crippen LogP contribution in [-0.2, 0) is 11.3 Å². The maximum atomic E-state index is 12.3. The molecule has 0 aliphatic heterocycles. The van der Waals surface area contributed by atoms with Gasteiger partial charge in [0.2, 0.25) is 0 Å². The highest BCUT2D eigenvalue weighted by Crippen LogP contribution is 2.19. The number of hydrogen-bond acceptors (Lipinski definition) is 2. The fourth-order valence-corrected chi connectivity index (χ4v) is 2.54. The Morgan fingerprint density at radius 1 is 1.00 bits per heavy atom. The van der Waals surface area contributed by atoms with Crippen molar-refractivity contribution in [2.45, 2.75) is 12.7 Å². The van der Waals surface area contributed by atoms with Gasteiger partial charge in [0.25, 0.3) is 5.91 Å². The normalized spacial score (nSPS) is 11.0. The highest BCUT2D eigenvalue weighted by molar-refractivity contribution is 14.1. The van der Waals surface area contributed by atoms with Crippen LogP contribution in [0.1, 0.15) is 15.9 Å². The monoisotopic (exact) mass is 448 g/mol. The molecule has 2 amide bonds. The molecule has 126 valence electrons. The zero-order valence-corrected chi connectivity index (χ0v) is 14.3. The van der Waals surface area contributed by atoms with Crippen molar-refractivity contribution in [3.63, 3.8) is 0 Å². The van der Waals surface area contributed by atoms with Gasteiger partial charge in [-0.05, 0) is 46.4 Å². The third-order valence-corrected chi connectivity index (χ3v) is 4.02. The first kappa shape index (κ1) is 18.2. The average molecular weight is 448 g/mol. The molecule has 2 rings (SSSR count). The minimum atomic E-state index is -4.95. The molecular weight excluding hydrogens is 436 g/mol. The molecular formula is C16H12F3IN2O2. The summed E-state index contributed by atoms with van der Waals surface area (Å²) < 4.78 is 37.5. The van der Waals surface area contributed by atoms with Crippen molar-refractivity contribution in [2.75, 3.05) is 5.32 Å². The van der Waals surface area contributed by atoms with Crippen molar-refractivity contribution in [2.24, 2.45) is 0 Å². The Bertz CT molecular complexity index is 763. The molecule has 2 aromatic rings. The van der Waals surface area contributed by atoms with E-state index in [1.165, 1.54) is 6.07 Å². The summed E-state index contributed by atoms with van der Waals surface area (Å²) in [6.45, 7) is -0.347. The van der Waals surface area contributed by atoms with Crippen molar-refractivity contribution >= 4 is 40.1 Å². The van der Waals surface area contributed by atoms with E-state index in [0.29, 0.717) is 16.8 Å². The lowest BCUT2D eigenvalue weighted by Crippen LogP contribution is -2.36. The van der Waals surface area contributed by atoms with Crippen LogP contribution in [0.15, 0.2) is 48.5 Å². The lowest BCUT2D eigenvalue weighted by molar-refractivity contribution is -0.173. The standard InChI is InChI=1S/C16H12F3IN2O2/c17-16(18,19)15(24)21-9-10-5-1-4-8-13(10)22-14(23)11-6-2-3-7-12(11)20/h1-8H,9H2,(H,21,24)(H,22,23). The number of benzene rings is 2.